The third kappa shape index (κ3) is 5710. The van der Waals surface area contributed by atoms with Gasteiger partial charge in [-0.1, -0.05) is 0 Å². The molecule has 0 radical (unpaired) electrons. The fraction of sp³-hybridized carbons (Fsp3) is 0. The Morgan fingerprint density at radius 3 is 0.296 bits per heavy atom. The third-order valence-corrected chi connectivity index (χ3v) is 0. The van der Waals surface area contributed by atoms with E-state index >= 15 is 0 Å². The van der Waals surface area contributed by atoms with Gasteiger partial charge >= 0.3 is 117 Å². The van der Waals surface area contributed by atoms with E-state index in [1.165, 1.54) is 0 Å². The van der Waals surface area contributed by atoms with Crippen LogP contribution in [0.5, 0.6) is 0 Å². The van der Waals surface area contributed by atoms with Crippen molar-refractivity contribution in [3.8, 4) is 0 Å². The van der Waals surface area contributed by atoms with E-state index in [0.29, 0.717) is 0 Å². The van der Waals surface area contributed by atoms with E-state index in [1.54, 1.807) is 0 Å². The Kier molecular flexibility index (Phi) is 78.0. The molecule has 0 fully saturated rings. The Labute approximate surface area is 212 Å². The van der Waals surface area contributed by atoms with Crippen LogP contribution in [0.3, 0.4) is 0 Å². The summed E-state index contributed by atoms with van der Waals surface area (Å²) in [5.41, 5.74) is 0. The first-order valence-electron chi connectivity index (χ1n) is 2.79. The van der Waals surface area contributed by atoms with Gasteiger partial charge in [0, 0.05) is 0 Å². The van der Waals surface area contributed by atoms with Gasteiger partial charge in [-0.25, -0.2) is 0 Å². The van der Waals surface area contributed by atoms with Gasteiger partial charge in [-0.15, -0.1) is 0 Å². The monoisotopic (exact) mass is 566 g/mol. The molecule has 176 valence electrons. The van der Waals surface area contributed by atoms with Crippen molar-refractivity contribution >= 4 is 117 Å². The van der Waals surface area contributed by atoms with E-state index in [4.69, 9.17) is 70.1 Å². The molecule has 0 unspecified atom stereocenters. The molecule has 0 bridgehead atoms. The Bertz CT molecular complexity index is 479. The van der Waals surface area contributed by atoms with Crippen LogP contribution in [0.25, 0.3) is 0 Å². The van der Waals surface area contributed by atoms with Crippen molar-refractivity contribution < 1.29 is 97.5 Å². The van der Waals surface area contributed by atoms with E-state index in [2.05, 4.69) is 0 Å². The fourth-order valence-corrected chi connectivity index (χ4v) is 0. The van der Waals surface area contributed by atoms with Gasteiger partial charge in [-0.05, 0) is 0 Å². The Balaban J connectivity index is -0.0000000129. The number of rotatable bonds is 0. The van der Waals surface area contributed by atoms with Crippen molar-refractivity contribution in [3.05, 3.63) is 0 Å². The zero-order valence-electron chi connectivity index (χ0n) is 11.0. The predicted octanol–water partition coefficient (Wildman–Crippen LogP) is -8.57. The molecule has 0 aliphatic heterocycles. The maximum atomic E-state index is 8.74. The molecule has 0 aromatic heterocycles. The standard InChI is InChI=1S/2Ca.4H2O4S.5H2O.4H/c;;4*1-5(2,3)4;;;;;;;;;/h;;4*(H2,1,2,3,4);5*1H2;;;;. The van der Waals surface area contributed by atoms with Gasteiger partial charge in [0.1, 0.15) is 0 Å². The molecule has 0 atom stereocenters. The van der Waals surface area contributed by atoms with Gasteiger partial charge in [0.2, 0.25) is 0 Å². The van der Waals surface area contributed by atoms with Gasteiger partial charge in [0.25, 0.3) is 0 Å². The average Bonchev–Trinajstić information content (AvgIpc) is 1.62. The van der Waals surface area contributed by atoms with Crippen LogP contribution in [-0.2, 0) is 41.6 Å². The van der Waals surface area contributed by atoms with E-state index < -0.39 is 41.6 Å². The van der Waals surface area contributed by atoms with Crippen molar-refractivity contribution in [2.24, 2.45) is 0 Å². The molecular formula is H22Ca2O21S4. The summed E-state index contributed by atoms with van der Waals surface area (Å²) in [5.74, 6) is 0. The molecule has 18 N–H and O–H groups in total. The summed E-state index contributed by atoms with van der Waals surface area (Å²) < 4.78 is 126. The molecule has 27 heavy (non-hydrogen) atoms. The predicted molar refractivity (Wildman–Crippen MR) is 91.9 cm³/mol. The van der Waals surface area contributed by atoms with E-state index in [0.717, 1.165) is 0 Å². The molecule has 0 heterocycles. The molecule has 0 saturated carbocycles. The summed E-state index contributed by atoms with van der Waals surface area (Å²) in [4.78, 5) is 0. The maximum absolute atomic E-state index is 8.74. The Morgan fingerprint density at radius 2 is 0.296 bits per heavy atom. The van der Waals surface area contributed by atoms with Crippen molar-refractivity contribution in [1.29, 1.82) is 0 Å². The summed E-state index contributed by atoms with van der Waals surface area (Å²) in [6, 6.07) is 0. The second kappa shape index (κ2) is 30.0. The summed E-state index contributed by atoms with van der Waals surface area (Å²) in [5, 5.41) is 0. The molecule has 0 rings (SSSR count). The topological polar surface area (TPSA) is 456 Å². The minimum atomic E-state index is -4.67. The van der Waals surface area contributed by atoms with Crippen LogP contribution in [0.2, 0.25) is 0 Å². The van der Waals surface area contributed by atoms with Crippen molar-refractivity contribution in [2.45, 2.75) is 0 Å². The third-order valence-electron chi connectivity index (χ3n) is 0. The fourth-order valence-electron chi connectivity index (χ4n) is 0. The summed E-state index contributed by atoms with van der Waals surface area (Å²) in [7, 11) is -18.7. The second-order valence-electron chi connectivity index (χ2n) is 1.79. The number of hydrogen-bond donors (Lipinski definition) is 8. The summed E-state index contributed by atoms with van der Waals surface area (Å²) in [6.07, 6.45) is 0. The van der Waals surface area contributed by atoms with Crippen LogP contribution < -0.4 is 0 Å². The molecule has 0 aliphatic carbocycles. The average molecular weight is 567 g/mol. The SMILES string of the molecule is O.O.O.O.O.O=S(=O)(O)O.O=S(=O)(O)O.O=S(=O)(O)O.O=S(=O)(O)O.[CaH2].[CaH2]. The molecule has 0 spiro atoms. The van der Waals surface area contributed by atoms with Crippen molar-refractivity contribution in [1.82, 2.24) is 0 Å². The summed E-state index contributed by atoms with van der Waals surface area (Å²) >= 11 is 0. The van der Waals surface area contributed by atoms with Crippen LogP contribution in [0.15, 0.2) is 0 Å². The number of hydrogen-bond acceptors (Lipinski definition) is 8. The normalized spacial score (nSPS) is 8.59. The van der Waals surface area contributed by atoms with Crippen LogP contribution in [0.1, 0.15) is 0 Å². The van der Waals surface area contributed by atoms with Gasteiger partial charge in [-0.3, -0.25) is 36.4 Å². The van der Waals surface area contributed by atoms with Crippen LogP contribution in [0, 0.1) is 0 Å². The zero-order chi connectivity index (χ0) is 18.0. The van der Waals surface area contributed by atoms with E-state index in [-0.39, 0.29) is 103 Å². The molecule has 0 aliphatic rings. The van der Waals surface area contributed by atoms with Crippen LogP contribution in [0.4, 0.5) is 0 Å². The Hall–Kier alpha value is 1.80. The first-order chi connectivity index (χ1) is 8.00. The van der Waals surface area contributed by atoms with Crippen LogP contribution >= 0.6 is 0 Å². The molecule has 0 aromatic carbocycles. The van der Waals surface area contributed by atoms with Gasteiger partial charge < -0.3 is 27.4 Å². The first kappa shape index (κ1) is 70.2. The molecule has 0 saturated heterocycles. The van der Waals surface area contributed by atoms with E-state index in [9.17, 15) is 0 Å². The summed E-state index contributed by atoms with van der Waals surface area (Å²) in [6.45, 7) is 0. The van der Waals surface area contributed by atoms with Crippen LogP contribution in [-0.4, -0.2) is 173 Å². The van der Waals surface area contributed by atoms with Crippen molar-refractivity contribution in [2.75, 3.05) is 0 Å². The van der Waals surface area contributed by atoms with Gasteiger partial charge in [0.05, 0.1) is 0 Å². The van der Waals surface area contributed by atoms with E-state index in [1.807, 2.05) is 0 Å². The molecule has 0 aromatic rings. The van der Waals surface area contributed by atoms with Crippen molar-refractivity contribution in [3.63, 3.8) is 0 Å². The first-order valence-corrected chi connectivity index (χ1v) is 8.38. The molecule has 27 heteroatoms. The van der Waals surface area contributed by atoms with Gasteiger partial charge in [-0.2, -0.15) is 33.7 Å². The van der Waals surface area contributed by atoms with Gasteiger partial charge in [0.15, 0.2) is 0 Å². The minimum absolute atomic E-state index is 0. The molecular weight excluding hydrogens is 544 g/mol. The molecule has 0 amide bonds. The Morgan fingerprint density at radius 1 is 0.296 bits per heavy atom. The quantitative estimate of drug-likeness (QED) is 0.0995. The second-order valence-corrected chi connectivity index (χ2v) is 5.37. The molecule has 21 nitrogen and oxygen atoms in total. The zero-order valence-corrected chi connectivity index (χ0v) is 14.2.